The minimum atomic E-state index is -0.378. The molecule has 0 saturated heterocycles. The van der Waals surface area contributed by atoms with Gasteiger partial charge in [0.15, 0.2) is 0 Å². The van der Waals surface area contributed by atoms with Crippen molar-refractivity contribution >= 4 is 22.7 Å². The van der Waals surface area contributed by atoms with Gasteiger partial charge in [0.05, 0.1) is 30.9 Å². The Kier molecular flexibility index (Phi) is 5.50. The maximum Gasteiger partial charge on any atom is 0.258 e. The number of rotatable bonds is 5. The Morgan fingerprint density at radius 3 is 2.61 bits per heavy atom. The van der Waals surface area contributed by atoms with Crippen molar-refractivity contribution in [2.24, 2.45) is 4.99 Å². The molecule has 6 heteroatoms. The zero-order valence-corrected chi connectivity index (χ0v) is 16.8. The molecule has 2 N–H and O–H groups in total. The van der Waals surface area contributed by atoms with Crippen molar-refractivity contribution in [3.05, 3.63) is 88.2 Å². The summed E-state index contributed by atoms with van der Waals surface area (Å²) in [5.41, 5.74) is 3.33. The lowest BCUT2D eigenvalue weighted by molar-refractivity contribution is 0.416. The Balaban J connectivity index is 1.82. The van der Waals surface area contributed by atoms with Gasteiger partial charge in [0.2, 0.25) is 5.88 Å². The van der Waals surface area contributed by atoms with Crippen LogP contribution in [0.15, 0.2) is 76.5 Å². The molecule has 3 aromatic carbocycles. The Bertz CT molecular complexity index is 1380. The van der Waals surface area contributed by atoms with Gasteiger partial charge in [0.1, 0.15) is 5.75 Å². The van der Waals surface area contributed by atoms with Gasteiger partial charge in [-0.25, -0.2) is 0 Å². The van der Waals surface area contributed by atoms with Gasteiger partial charge < -0.3 is 9.84 Å². The summed E-state index contributed by atoms with van der Waals surface area (Å²) in [5.74, 6) is 0.461. The van der Waals surface area contributed by atoms with Crippen molar-refractivity contribution in [3.8, 4) is 28.8 Å². The van der Waals surface area contributed by atoms with Gasteiger partial charge in [0.25, 0.3) is 5.56 Å². The maximum atomic E-state index is 12.4. The Hall–Kier alpha value is -4.37. The quantitative estimate of drug-likeness (QED) is 0.466. The van der Waals surface area contributed by atoms with Crippen LogP contribution in [0.25, 0.3) is 21.9 Å². The van der Waals surface area contributed by atoms with Gasteiger partial charge in [-0.2, -0.15) is 5.26 Å². The van der Waals surface area contributed by atoms with Gasteiger partial charge in [-0.3, -0.25) is 14.8 Å². The average Bonchev–Trinajstić information content (AvgIpc) is 2.79. The molecule has 0 bridgehead atoms. The number of ether oxygens (including phenoxy) is 1. The predicted octanol–water partition coefficient (Wildman–Crippen LogP) is 4.73. The first-order chi connectivity index (χ1) is 15.1. The van der Waals surface area contributed by atoms with Crippen LogP contribution < -0.4 is 10.3 Å². The summed E-state index contributed by atoms with van der Waals surface area (Å²) in [7, 11) is 1.61. The molecule has 1 aromatic heterocycles. The number of methoxy groups -OCH3 is 1. The number of hydrogen-bond donors (Lipinski definition) is 2. The minimum absolute atomic E-state index is 0.250. The Labute approximate surface area is 178 Å². The highest BCUT2D eigenvalue weighted by Gasteiger charge is 2.12. The largest absolute Gasteiger partial charge is 0.496 e. The number of H-pyrrole nitrogens is 1. The number of hydrogen-bond acceptors (Lipinski definition) is 5. The number of para-hydroxylation sites is 1. The molecule has 31 heavy (non-hydrogen) atoms. The van der Waals surface area contributed by atoms with Crippen molar-refractivity contribution in [2.75, 3.05) is 7.11 Å². The summed E-state index contributed by atoms with van der Waals surface area (Å²) in [5, 5.41) is 20.2. The molecule has 6 nitrogen and oxygen atoms in total. The third kappa shape index (κ3) is 4.02. The van der Waals surface area contributed by atoms with Crippen LogP contribution in [0.1, 0.15) is 11.1 Å². The molecule has 0 aliphatic rings. The van der Waals surface area contributed by atoms with Gasteiger partial charge in [0, 0.05) is 22.6 Å². The van der Waals surface area contributed by atoms with E-state index in [2.05, 4.69) is 16.0 Å². The van der Waals surface area contributed by atoms with Crippen molar-refractivity contribution in [3.63, 3.8) is 0 Å². The third-order valence-corrected chi connectivity index (χ3v) is 5.02. The van der Waals surface area contributed by atoms with Crippen molar-refractivity contribution in [1.29, 1.82) is 5.26 Å². The lowest BCUT2D eigenvalue weighted by Gasteiger charge is -2.11. The van der Waals surface area contributed by atoms with Crippen LogP contribution in [-0.4, -0.2) is 23.4 Å². The second-order valence-electron chi connectivity index (χ2n) is 6.94. The van der Waals surface area contributed by atoms with Gasteiger partial charge in [-0.05, 0) is 41.5 Å². The molecule has 0 saturated carbocycles. The lowest BCUT2D eigenvalue weighted by atomic mass is 9.99. The number of nitrogens with zero attached hydrogens (tertiary/aromatic N) is 2. The third-order valence-electron chi connectivity index (χ3n) is 5.02. The Morgan fingerprint density at radius 1 is 1.10 bits per heavy atom. The second-order valence-corrected chi connectivity index (χ2v) is 6.94. The highest BCUT2D eigenvalue weighted by molar-refractivity contribution is 6.03. The first-order valence-electron chi connectivity index (χ1n) is 9.63. The summed E-state index contributed by atoms with van der Waals surface area (Å²) in [6.45, 7) is 0. The van der Waals surface area contributed by atoms with Crippen molar-refractivity contribution in [1.82, 2.24) is 4.98 Å². The van der Waals surface area contributed by atoms with E-state index in [1.54, 1.807) is 25.3 Å². The zero-order chi connectivity index (χ0) is 21.8. The number of nitrogens with one attached hydrogen (secondary N) is 1. The summed E-state index contributed by atoms with van der Waals surface area (Å²) < 4.78 is 5.46. The Morgan fingerprint density at radius 2 is 1.87 bits per heavy atom. The minimum Gasteiger partial charge on any atom is -0.496 e. The number of nitriles is 1. The van der Waals surface area contributed by atoms with Crippen LogP contribution in [0, 0.1) is 11.3 Å². The normalized spacial score (nSPS) is 11.0. The van der Waals surface area contributed by atoms with Gasteiger partial charge >= 0.3 is 0 Å². The number of aromatic nitrogens is 1. The topological polar surface area (TPSA) is 98.5 Å². The summed E-state index contributed by atoms with van der Waals surface area (Å²) in [4.78, 5) is 19.3. The molecule has 0 unspecified atom stereocenters. The SMILES string of the molecule is COc1ccccc1-c1ccc2c(=O)[nH]c(O)c(C=Nc3ccc(CC#N)cc3)c2c1. The number of aromatic hydroxyl groups is 1. The van der Waals surface area contributed by atoms with Crippen LogP contribution in [-0.2, 0) is 6.42 Å². The number of aromatic amines is 1. The summed E-state index contributed by atoms with van der Waals surface area (Å²) >= 11 is 0. The van der Waals surface area contributed by atoms with E-state index in [0.29, 0.717) is 34.2 Å². The fraction of sp³-hybridized carbons (Fsp3) is 0.0800. The van der Waals surface area contributed by atoms with Gasteiger partial charge in [-0.15, -0.1) is 0 Å². The van der Waals surface area contributed by atoms with E-state index in [0.717, 1.165) is 16.7 Å². The first-order valence-corrected chi connectivity index (χ1v) is 9.63. The van der Waals surface area contributed by atoms with Crippen LogP contribution >= 0.6 is 0 Å². The predicted molar refractivity (Wildman–Crippen MR) is 121 cm³/mol. The smallest absolute Gasteiger partial charge is 0.258 e. The van der Waals surface area contributed by atoms with Gasteiger partial charge in [-0.1, -0.05) is 36.4 Å². The van der Waals surface area contributed by atoms with E-state index < -0.39 is 0 Å². The molecule has 4 rings (SSSR count). The highest BCUT2D eigenvalue weighted by Crippen LogP contribution is 2.33. The van der Waals surface area contributed by atoms with E-state index in [-0.39, 0.29) is 11.4 Å². The number of pyridine rings is 1. The molecule has 0 aliphatic carbocycles. The number of fused-ring (bicyclic) bond motifs is 1. The molecule has 0 atom stereocenters. The highest BCUT2D eigenvalue weighted by atomic mass is 16.5. The standard InChI is InChI=1S/C25H19N3O3/c1-31-23-5-3-2-4-19(23)17-8-11-20-21(14-17)22(25(30)28-24(20)29)15-27-18-9-6-16(7-10-18)12-13-26/h2-11,14-15H,12H2,1H3,(H2,28,29,30). The van der Waals surface area contributed by atoms with Crippen LogP contribution in [0.5, 0.6) is 11.6 Å². The van der Waals surface area contributed by atoms with Crippen molar-refractivity contribution in [2.45, 2.75) is 6.42 Å². The molecule has 0 fully saturated rings. The molecule has 0 amide bonds. The summed E-state index contributed by atoms with van der Waals surface area (Å²) in [6.07, 6.45) is 1.86. The van der Waals surface area contributed by atoms with Crippen LogP contribution in [0.3, 0.4) is 0 Å². The molecule has 1 heterocycles. The van der Waals surface area contributed by atoms with Crippen LogP contribution in [0.4, 0.5) is 5.69 Å². The molecular formula is C25H19N3O3. The molecule has 4 aromatic rings. The second kappa shape index (κ2) is 8.56. The number of benzene rings is 3. The van der Waals surface area contributed by atoms with Crippen LogP contribution in [0.2, 0.25) is 0 Å². The first kappa shape index (κ1) is 19.9. The summed E-state index contributed by atoms with van der Waals surface area (Å²) in [6, 6.07) is 22.4. The molecule has 0 aliphatic heterocycles. The molecular weight excluding hydrogens is 390 g/mol. The zero-order valence-electron chi connectivity index (χ0n) is 16.8. The number of aliphatic imine (C=N–C) groups is 1. The fourth-order valence-corrected chi connectivity index (χ4v) is 3.45. The molecule has 0 spiro atoms. The fourth-order valence-electron chi connectivity index (χ4n) is 3.45. The monoisotopic (exact) mass is 409 g/mol. The van der Waals surface area contributed by atoms with E-state index in [1.165, 1.54) is 6.21 Å². The van der Waals surface area contributed by atoms with Crippen molar-refractivity contribution < 1.29 is 9.84 Å². The lowest BCUT2D eigenvalue weighted by Crippen LogP contribution is -2.08. The van der Waals surface area contributed by atoms with E-state index >= 15 is 0 Å². The average molecular weight is 409 g/mol. The van der Waals surface area contributed by atoms with E-state index in [1.807, 2.05) is 48.5 Å². The maximum absolute atomic E-state index is 12.4. The molecule has 152 valence electrons. The van der Waals surface area contributed by atoms with E-state index in [4.69, 9.17) is 10.00 Å². The van der Waals surface area contributed by atoms with E-state index in [9.17, 15) is 9.90 Å². The molecule has 0 radical (unpaired) electrons.